The molecule has 2 aromatic carbocycles. The number of nitrogens with zero attached hydrogens (tertiary/aromatic N) is 1. The van der Waals surface area contributed by atoms with E-state index in [1.54, 1.807) is 16.7 Å². The Morgan fingerprint density at radius 1 is 1.28 bits per heavy atom. The molecular formula is C18H16ClFN2O2S. The summed E-state index contributed by atoms with van der Waals surface area (Å²) >= 11 is 7.45. The first-order valence-electron chi connectivity index (χ1n) is 7.68. The van der Waals surface area contributed by atoms with E-state index in [0.717, 1.165) is 10.6 Å². The van der Waals surface area contributed by atoms with Gasteiger partial charge in [0.2, 0.25) is 11.8 Å². The maximum Gasteiger partial charge on any atom is 0.229 e. The molecule has 2 aromatic rings. The molecule has 0 bridgehead atoms. The van der Waals surface area contributed by atoms with Crippen LogP contribution in [-0.2, 0) is 9.59 Å². The third-order valence-corrected chi connectivity index (χ3v) is 5.04. The molecule has 1 N–H and O–H groups in total. The Morgan fingerprint density at radius 2 is 2.00 bits per heavy atom. The zero-order valence-corrected chi connectivity index (χ0v) is 15.0. The highest BCUT2D eigenvalue weighted by molar-refractivity contribution is 7.98. The van der Waals surface area contributed by atoms with E-state index in [2.05, 4.69) is 5.32 Å². The molecule has 1 aliphatic heterocycles. The molecule has 7 heteroatoms. The van der Waals surface area contributed by atoms with Crippen molar-refractivity contribution in [2.45, 2.75) is 11.3 Å². The zero-order chi connectivity index (χ0) is 18.0. The third-order valence-electron chi connectivity index (χ3n) is 4.07. The van der Waals surface area contributed by atoms with Gasteiger partial charge in [-0.2, -0.15) is 0 Å². The summed E-state index contributed by atoms with van der Waals surface area (Å²) in [6.45, 7) is 0.269. The van der Waals surface area contributed by atoms with Gasteiger partial charge in [-0.3, -0.25) is 9.59 Å². The topological polar surface area (TPSA) is 49.4 Å². The summed E-state index contributed by atoms with van der Waals surface area (Å²) in [7, 11) is 0. The molecular weight excluding hydrogens is 363 g/mol. The summed E-state index contributed by atoms with van der Waals surface area (Å²) in [6, 6.07) is 11.5. The Morgan fingerprint density at radius 3 is 2.68 bits per heavy atom. The fraction of sp³-hybridized carbons (Fsp3) is 0.222. The van der Waals surface area contributed by atoms with Gasteiger partial charge in [0, 0.05) is 28.6 Å². The van der Waals surface area contributed by atoms with E-state index in [0.29, 0.717) is 5.02 Å². The molecule has 0 saturated carbocycles. The molecule has 1 atom stereocenters. The van der Waals surface area contributed by atoms with Gasteiger partial charge in [0.1, 0.15) is 5.82 Å². The number of rotatable bonds is 4. The monoisotopic (exact) mass is 378 g/mol. The van der Waals surface area contributed by atoms with Gasteiger partial charge in [0.15, 0.2) is 0 Å². The van der Waals surface area contributed by atoms with Crippen LogP contribution in [0.5, 0.6) is 0 Å². The Kier molecular flexibility index (Phi) is 5.30. The fourth-order valence-electron chi connectivity index (χ4n) is 2.72. The van der Waals surface area contributed by atoms with Crippen molar-refractivity contribution in [2.24, 2.45) is 5.92 Å². The maximum absolute atomic E-state index is 13.8. The Bertz CT molecular complexity index is 813. The number of anilines is 2. The number of carbonyl (C=O) groups is 2. The lowest BCUT2D eigenvalue weighted by molar-refractivity contribution is -0.122. The number of thioether (sulfide) groups is 1. The number of hydrogen-bond acceptors (Lipinski definition) is 3. The van der Waals surface area contributed by atoms with Crippen molar-refractivity contribution >= 4 is 46.6 Å². The molecule has 1 aliphatic rings. The first-order valence-corrected chi connectivity index (χ1v) is 9.28. The van der Waals surface area contributed by atoms with E-state index in [1.807, 2.05) is 30.5 Å². The summed E-state index contributed by atoms with van der Waals surface area (Å²) in [5.74, 6) is -1.61. The summed E-state index contributed by atoms with van der Waals surface area (Å²) in [4.78, 5) is 27.3. The number of halogens is 2. The largest absolute Gasteiger partial charge is 0.323 e. The number of amides is 2. The molecule has 2 amide bonds. The van der Waals surface area contributed by atoms with Crippen LogP contribution in [0.1, 0.15) is 6.42 Å². The quantitative estimate of drug-likeness (QED) is 0.811. The van der Waals surface area contributed by atoms with Crippen molar-refractivity contribution in [3.8, 4) is 0 Å². The van der Waals surface area contributed by atoms with Crippen LogP contribution in [0.15, 0.2) is 47.4 Å². The summed E-state index contributed by atoms with van der Waals surface area (Å²) in [5, 5.41) is 2.85. The van der Waals surface area contributed by atoms with Gasteiger partial charge >= 0.3 is 0 Å². The molecule has 25 heavy (non-hydrogen) atoms. The first kappa shape index (κ1) is 17.8. The maximum atomic E-state index is 13.8. The molecule has 0 aliphatic carbocycles. The fourth-order valence-corrected chi connectivity index (χ4v) is 3.30. The van der Waals surface area contributed by atoms with Gasteiger partial charge in [-0.15, -0.1) is 11.8 Å². The van der Waals surface area contributed by atoms with Crippen molar-refractivity contribution in [3.63, 3.8) is 0 Å². The third kappa shape index (κ3) is 3.96. The van der Waals surface area contributed by atoms with E-state index in [9.17, 15) is 14.0 Å². The molecule has 1 unspecified atom stereocenters. The van der Waals surface area contributed by atoms with Crippen LogP contribution in [0, 0.1) is 11.7 Å². The van der Waals surface area contributed by atoms with Crippen molar-refractivity contribution in [3.05, 3.63) is 53.3 Å². The van der Waals surface area contributed by atoms with Crippen molar-refractivity contribution in [2.75, 3.05) is 23.0 Å². The van der Waals surface area contributed by atoms with Crippen LogP contribution >= 0.6 is 23.4 Å². The Balaban J connectivity index is 1.70. The van der Waals surface area contributed by atoms with E-state index in [1.165, 1.54) is 18.2 Å². The van der Waals surface area contributed by atoms with Gasteiger partial charge in [-0.25, -0.2) is 4.39 Å². The molecule has 0 aromatic heterocycles. The minimum absolute atomic E-state index is 0.0210. The van der Waals surface area contributed by atoms with Crippen molar-refractivity contribution < 1.29 is 14.0 Å². The van der Waals surface area contributed by atoms with Crippen LogP contribution in [-0.4, -0.2) is 24.6 Å². The van der Waals surface area contributed by atoms with Gasteiger partial charge in [-0.1, -0.05) is 11.6 Å². The zero-order valence-electron chi connectivity index (χ0n) is 13.5. The SMILES string of the molecule is CSc1ccc(N2CC(C(=O)Nc3cc(Cl)ccc3F)CC2=O)cc1. The lowest BCUT2D eigenvalue weighted by Gasteiger charge is -2.17. The molecule has 0 radical (unpaired) electrons. The summed E-state index contributed by atoms with van der Waals surface area (Å²) in [5.41, 5.74) is 0.778. The van der Waals surface area contributed by atoms with Crippen LogP contribution < -0.4 is 10.2 Å². The number of benzene rings is 2. The van der Waals surface area contributed by atoms with E-state index in [4.69, 9.17) is 11.6 Å². The van der Waals surface area contributed by atoms with E-state index >= 15 is 0 Å². The lowest BCUT2D eigenvalue weighted by atomic mass is 10.1. The average molecular weight is 379 g/mol. The number of hydrogen-bond donors (Lipinski definition) is 1. The summed E-state index contributed by atoms with van der Waals surface area (Å²) < 4.78 is 13.8. The highest BCUT2D eigenvalue weighted by Crippen LogP contribution is 2.28. The second-order valence-electron chi connectivity index (χ2n) is 5.72. The average Bonchev–Trinajstić information content (AvgIpc) is 3.00. The molecule has 0 spiro atoms. The second kappa shape index (κ2) is 7.45. The Labute approximate surface area is 154 Å². The highest BCUT2D eigenvalue weighted by Gasteiger charge is 2.35. The van der Waals surface area contributed by atoms with E-state index < -0.39 is 17.6 Å². The van der Waals surface area contributed by atoms with Crippen LogP contribution in [0.3, 0.4) is 0 Å². The standard InChI is InChI=1S/C18H16ClFN2O2S/c1-25-14-5-3-13(4-6-14)22-10-11(8-17(22)23)18(24)21-16-9-12(19)2-7-15(16)20/h2-7,9,11H,8,10H2,1H3,(H,21,24). The molecule has 1 saturated heterocycles. The molecule has 4 nitrogen and oxygen atoms in total. The van der Waals surface area contributed by atoms with Crippen LogP contribution in [0.4, 0.5) is 15.8 Å². The lowest BCUT2D eigenvalue weighted by Crippen LogP contribution is -2.28. The molecule has 1 heterocycles. The molecule has 130 valence electrons. The minimum atomic E-state index is -0.563. The van der Waals surface area contributed by atoms with Gasteiger partial charge in [0.25, 0.3) is 0 Å². The van der Waals surface area contributed by atoms with Crippen LogP contribution in [0.25, 0.3) is 0 Å². The Hall–Kier alpha value is -2.05. The number of carbonyl (C=O) groups excluding carboxylic acids is 2. The van der Waals surface area contributed by atoms with E-state index in [-0.39, 0.29) is 24.6 Å². The van der Waals surface area contributed by atoms with Crippen LogP contribution in [0.2, 0.25) is 5.02 Å². The predicted molar refractivity (Wildman–Crippen MR) is 98.7 cm³/mol. The number of nitrogens with one attached hydrogen (secondary N) is 1. The van der Waals surface area contributed by atoms with Gasteiger partial charge < -0.3 is 10.2 Å². The predicted octanol–water partition coefficient (Wildman–Crippen LogP) is 4.19. The van der Waals surface area contributed by atoms with Gasteiger partial charge in [-0.05, 0) is 48.7 Å². The minimum Gasteiger partial charge on any atom is -0.323 e. The van der Waals surface area contributed by atoms with Gasteiger partial charge in [0.05, 0.1) is 11.6 Å². The molecule has 3 rings (SSSR count). The second-order valence-corrected chi connectivity index (χ2v) is 7.03. The first-order chi connectivity index (χ1) is 12.0. The normalized spacial score (nSPS) is 17.0. The molecule has 1 fully saturated rings. The van der Waals surface area contributed by atoms with Crippen molar-refractivity contribution in [1.82, 2.24) is 0 Å². The van der Waals surface area contributed by atoms with Crippen molar-refractivity contribution in [1.29, 1.82) is 0 Å². The highest BCUT2D eigenvalue weighted by atomic mass is 35.5. The smallest absolute Gasteiger partial charge is 0.229 e. The summed E-state index contributed by atoms with van der Waals surface area (Å²) in [6.07, 6.45) is 2.07.